The van der Waals surface area contributed by atoms with Crippen LogP contribution in [-0.4, -0.2) is 16.5 Å². The molecule has 1 aromatic rings. The van der Waals surface area contributed by atoms with E-state index < -0.39 is 0 Å². The highest BCUT2D eigenvalue weighted by Gasteiger charge is 2.25. The molecule has 1 saturated carbocycles. The largest absolute Gasteiger partial charge is 0.392 e. The van der Waals surface area contributed by atoms with Crippen LogP contribution in [0.4, 0.5) is 0 Å². The molecule has 0 aliphatic heterocycles. The molecule has 16 heavy (non-hydrogen) atoms. The Labute approximate surface area is 102 Å². The molecule has 2 rings (SSSR count). The van der Waals surface area contributed by atoms with Gasteiger partial charge in [0.25, 0.3) is 0 Å². The quantitative estimate of drug-likeness (QED) is 0.867. The van der Waals surface area contributed by atoms with Crippen LogP contribution in [0.5, 0.6) is 0 Å². The molecular weight excluding hydrogens is 216 g/mol. The molecule has 0 saturated heterocycles. The Kier molecular flexibility index (Phi) is 3.93. The standard InChI is InChI=1S/C14H20OS/c1-10-6-11(2)8-12(7-10)9-16-14-5-3-4-13(14)15/h6-8,13-15H,3-5,9H2,1-2H3/t13-,14-/m0/s1. The summed E-state index contributed by atoms with van der Waals surface area (Å²) < 4.78 is 0. The highest BCUT2D eigenvalue weighted by Crippen LogP contribution is 2.32. The van der Waals surface area contributed by atoms with Crippen molar-refractivity contribution in [1.82, 2.24) is 0 Å². The number of aliphatic hydroxyl groups is 1. The number of benzene rings is 1. The van der Waals surface area contributed by atoms with Gasteiger partial charge in [-0.15, -0.1) is 0 Å². The van der Waals surface area contributed by atoms with Crippen molar-refractivity contribution < 1.29 is 5.11 Å². The fraction of sp³-hybridized carbons (Fsp3) is 0.571. The minimum atomic E-state index is -0.0732. The van der Waals surface area contributed by atoms with Crippen molar-refractivity contribution in [1.29, 1.82) is 0 Å². The molecule has 1 nitrogen and oxygen atoms in total. The zero-order valence-corrected chi connectivity index (χ0v) is 10.9. The minimum Gasteiger partial charge on any atom is -0.392 e. The van der Waals surface area contributed by atoms with Crippen LogP contribution in [-0.2, 0) is 5.75 Å². The lowest BCUT2D eigenvalue weighted by Gasteiger charge is -2.14. The fourth-order valence-electron chi connectivity index (χ4n) is 2.46. The van der Waals surface area contributed by atoms with Gasteiger partial charge in [0.05, 0.1) is 6.10 Å². The van der Waals surface area contributed by atoms with Gasteiger partial charge in [-0.3, -0.25) is 0 Å². The van der Waals surface area contributed by atoms with Crippen molar-refractivity contribution in [3.05, 3.63) is 34.9 Å². The van der Waals surface area contributed by atoms with Gasteiger partial charge in [0.15, 0.2) is 0 Å². The van der Waals surface area contributed by atoms with Gasteiger partial charge in [-0.25, -0.2) is 0 Å². The lowest BCUT2D eigenvalue weighted by Crippen LogP contribution is -2.15. The van der Waals surface area contributed by atoms with Crippen LogP contribution in [0.1, 0.15) is 36.0 Å². The second-order valence-corrected chi connectivity index (χ2v) is 6.07. The van der Waals surface area contributed by atoms with E-state index in [1.807, 2.05) is 11.8 Å². The Morgan fingerprint density at radius 1 is 1.19 bits per heavy atom. The molecular formula is C14H20OS. The van der Waals surface area contributed by atoms with E-state index >= 15 is 0 Å². The molecule has 1 N–H and O–H groups in total. The monoisotopic (exact) mass is 236 g/mol. The lowest BCUT2D eigenvalue weighted by molar-refractivity contribution is 0.188. The van der Waals surface area contributed by atoms with Gasteiger partial charge < -0.3 is 5.11 Å². The first kappa shape index (κ1) is 12.0. The summed E-state index contributed by atoms with van der Waals surface area (Å²) in [4.78, 5) is 0. The predicted octanol–water partition coefficient (Wildman–Crippen LogP) is 3.45. The maximum atomic E-state index is 9.76. The molecule has 0 radical (unpaired) electrons. The van der Waals surface area contributed by atoms with E-state index in [-0.39, 0.29) is 6.10 Å². The van der Waals surface area contributed by atoms with Gasteiger partial charge in [-0.2, -0.15) is 11.8 Å². The number of hydrogen-bond donors (Lipinski definition) is 1. The second-order valence-electron chi connectivity index (χ2n) is 4.84. The third kappa shape index (κ3) is 3.02. The van der Waals surface area contributed by atoms with Gasteiger partial charge in [-0.05, 0) is 38.7 Å². The van der Waals surface area contributed by atoms with E-state index in [1.54, 1.807) is 0 Å². The van der Waals surface area contributed by atoms with Crippen LogP contribution in [0, 0.1) is 13.8 Å². The molecule has 2 atom stereocenters. The molecule has 1 fully saturated rings. The van der Waals surface area contributed by atoms with Crippen molar-refractivity contribution >= 4 is 11.8 Å². The first-order valence-corrected chi connectivity index (χ1v) is 7.07. The Bertz CT molecular complexity index is 342. The maximum absolute atomic E-state index is 9.76. The first-order chi connectivity index (χ1) is 7.65. The molecule has 0 amide bonds. The summed E-state index contributed by atoms with van der Waals surface area (Å²) in [5.41, 5.74) is 4.06. The Morgan fingerprint density at radius 3 is 2.44 bits per heavy atom. The third-order valence-corrected chi connectivity index (χ3v) is 4.64. The molecule has 0 spiro atoms. The smallest absolute Gasteiger partial charge is 0.0658 e. The Morgan fingerprint density at radius 2 is 1.88 bits per heavy atom. The number of hydrogen-bond acceptors (Lipinski definition) is 2. The van der Waals surface area contributed by atoms with Crippen LogP contribution in [0.3, 0.4) is 0 Å². The average Bonchev–Trinajstić information content (AvgIpc) is 2.59. The van der Waals surface area contributed by atoms with Crippen LogP contribution in [0.25, 0.3) is 0 Å². The molecule has 0 unspecified atom stereocenters. The highest BCUT2D eigenvalue weighted by atomic mass is 32.2. The molecule has 1 aliphatic carbocycles. The van der Waals surface area contributed by atoms with E-state index in [0.717, 1.165) is 12.2 Å². The zero-order valence-electron chi connectivity index (χ0n) is 10.1. The summed E-state index contributed by atoms with van der Waals surface area (Å²) in [6.07, 6.45) is 3.28. The molecule has 0 aromatic heterocycles. The maximum Gasteiger partial charge on any atom is 0.0658 e. The molecule has 1 aromatic carbocycles. The molecule has 0 bridgehead atoms. The molecule has 2 heteroatoms. The van der Waals surface area contributed by atoms with Crippen LogP contribution in [0.2, 0.25) is 0 Å². The minimum absolute atomic E-state index is 0.0732. The average molecular weight is 236 g/mol. The number of aryl methyl sites for hydroxylation is 2. The Hall–Kier alpha value is -0.470. The van der Waals surface area contributed by atoms with Gasteiger partial charge in [0.2, 0.25) is 0 Å². The number of rotatable bonds is 3. The topological polar surface area (TPSA) is 20.2 Å². The van der Waals surface area contributed by atoms with E-state index in [0.29, 0.717) is 5.25 Å². The van der Waals surface area contributed by atoms with Crippen molar-refractivity contribution in [3.8, 4) is 0 Å². The summed E-state index contributed by atoms with van der Waals surface area (Å²) in [6, 6.07) is 6.71. The van der Waals surface area contributed by atoms with Gasteiger partial charge in [-0.1, -0.05) is 29.3 Å². The van der Waals surface area contributed by atoms with Crippen LogP contribution < -0.4 is 0 Å². The van der Waals surface area contributed by atoms with Crippen LogP contribution >= 0.6 is 11.8 Å². The van der Waals surface area contributed by atoms with Crippen LogP contribution in [0.15, 0.2) is 18.2 Å². The normalized spacial score (nSPS) is 24.9. The second kappa shape index (κ2) is 5.24. The number of thioether (sulfide) groups is 1. The lowest BCUT2D eigenvalue weighted by atomic mass is 10.1. The first-order valence-electron chi connectivity index (χ1n) is 6.02. The molecule has 0 heterocycles. The van der Waals surface area contributed by atoms with Crippen molar-refractivity contribution in [3.63, 3.8) is 0 Å². The fourth-order valence-corrected chi connectivity index (χ4v) is 3.72. The number of aliphatic hydroxyl groups excluding tert-OH is 1. The SMILES string of the molecule is Cc1cc(C)cc(CS[C@H]2CCC[C@@H]2O)c1. The Balaban J connectivity index is 1.94. The van der Waals surface area contributed by atoms with Gasteiger partial charge in [0.1, 0.15) is 0 Å². The van der Waals surface area contributed by atoms with E-state index in [9.17, 15) is 5.11 Å². The highest BCUT2D eigenvalue weighted by molar-refractivity contribution is 7.99. The van der Waals surface area contributed by atoms with E-state index in [1.165, 1.54) is 29.5 Å². The summed E-state index contributed by atoms with van der Waals surface area (Å²) in [6.45, 7) is 4.29. The predicted molar refractivity (Wildman–Crippen MR) is 70.9 cm³/mol. The summed E-state index contributed by atoms with van der Waals surface area (Å²) in [7, 11) is 0. The summed E-state index contributed by atoms with van der Waals surface area (Å²) in [5, 5.41) is 10.2. The van der Waals surface area contributed by atoms with Crippen molar-refractivity contribution in [2.75, 3.05) is 0 Å². The van der Waals surface area contributed by atoms with Crippen molar-refractivity contribution in [2.45, 2.75) is 50.2 Å². The van der Waals surface area contributed by atoms with Crippen molar-refractivity contribution in [2.24, 2.45) is 0 Å². The summed E-state index contributed by atoms with van der Waals surface area (Å²) in [5.74, 6) is 1.03. The van der Waals surface area contributed by atoms with E-state index in [4.69, 9.17) is 0 Å². The molecule has 1 aliphatic rings. The molecule has 88 valence electrons. The van der Waals surface area contributed by atoms with E-state index in [2.05, 4.69) is 32.0 Å². The van der Waals surface area contributed by atoms with Gasteiger partial charge >= 0.3 is 0 Å². The summed E-state index contributed by atoms with van der Waals surface area (Å²) >= 11 is 1.91. The van der Waals surface area contributed by atoms with Gasteiger partial charge in [0, 0.05) is 11.0 Å². The third-order valence-electron chi connectivity index (χ3n) is 3.16. The zero-order chi connectivity index (χ0) is 11.5.